The van der Waals surface area contributed by atoms with Gasteiger partial charge in [0.25, 0.3) is 0 Å². The SMILES string of the molecule is CN1CCC([C@H](O)c2cc(F)c([C@@H](OCCO)N(C)Cc3ncc(Cl)cn3)c(C=O)c2)CC1. The predicted octanol–water partition coefficient (Wildman–Crippen LogP) is 2.60. The number of nitrogens with zero attached hydrogens (tertiary/aromatic N) is 4. The Morgan fingerprint density at radius 2 is 2.00 bits per heavy atom. The average molecular weight is 481 g/mol. The minimum absolute atomic E-state index is 0.00267. The van der Waals surface area contributed by atoms with E-state index in [1.807, 2.05) is 7.05 Å². The molecule has 0 aliphatic carbocycles. The molecule has 0 bridgehead atoms. The second-order valence-electron chi connectivity index (χ2n) is 8.39. The van der Waals surface area contributed by atoms with Gasteiger partial charge in [0.1, 0.15) is 17.9 Å². The number of carbonyl (C=O) groups excluding carboxylic acids is 1. The zero-order chi connectivity index (χ0) is 24.0. The fourth-order valence-corrected chi connectivity index (χ4v) is 4.23. The topological polar surface area (TPSA) is 99.0 Å². The van der Waals surface area contributed by atoms with Crippen molar-refractivity contribution in [3.05, 3.63) is 57.9 Å². The van der Waals surface area contributed by atoms with Gasteiger partial charge in [0.15, 0.2) is 6.29 Å². The number of ether oxygens (including phenoxy) is 1. The Bertz CT molecular complexity index is 925. The Hall–Kier alpha value is -2.01. The molecule has 0 spiro atoms. The van der Waals surface area contributed by atoms with Gasteiger partial charge in [-0.15, -0.1) is 0 Å². The number of benzene rings is 1. The first kappa shape index (κ1) is 25.6. The van der Waals surface area contributed by atoms with Crippen molar-refractivity contribution in [2.75, 3.05) is 40.4 Å². The van der Waals surface area contributed by atoms with E-state index in [0.29, 0.717) is 22.7 Å². The van der Waals surface area contributed by atoms with Crippen LogP contribution in [0.15, 0.2) is 24.5 Å². The van der Waals surface area contributed by atoms with E-state index in [4.69, 9.17) is 16.3 Å². The zero-order valence-electron chi connectivity index (χ0n) is 18.8. The van der Waals surface area contributed by atoms with Gasteiger partial charge in [0, 0.05) is 23.5 Å². The molecule has 8 nitrogen and oxygen atoms in total. The first-order valence-electron chi connectivity index (χ1n) is 10.9. The number of piperidine rings is 1. The highest BCUT2D eigenvalue weighted by Crippen LogP contribution is 2.34. The molecule has 2 N–H and O–H groups in total. The lowest BCUT2D eigenvalue weighted by Crippen LogP contribution is -2.33. The van der Waals surface area contributed by atoms with Crippen LogP contribution in [0.1, 0.15) is 52.5 Å². The highest BCUT2D eigenvalue weighted by Gasteiger charge is 2.30. The van der Waals surface area contributed by atoms with Gasteiger partial charge in [-0.2, -0.15) is 0 Å². The van der Waals surface area contributed by atoms with E-state index in [9.17, 15) is 15.0 Å². The Labute approximate surface area is 198 Å². The number of hydrogen-bond acceptors (Lipinski definition) is 8. The summed E-state index contributed by atoms with van der Waals surface area (Å²) < 4.78 is 21.1. The number of likely N-dealkylation sites (tertiary alicyclic amines) is 1. The molecule has 10 heteroatoms. The third kappa shape index (κ3) is 6.53. The van der Waals surface area contributed by atoms with Crippen LogP contribution in [-0.4, -0.2) is 76.7 Å². The molecule has 0 amide bonds. The molecule has 1 fully saturated rings. The molecule has 0 saturated carbocycles. The van der Waals surface area contributed by atoms with Crippen molar-refractivity contribution >= 4 is 17.9 Å². The molecule has 1 aliphatic heterocycles. The lowest BCUT2D eigenvalue weighted by Gasteiger charge is -2.33. The molecule has 2 atom stereocenters. The largest absolute Gasteiger partial charge is 0.394 e. The lowest BCUT2D eigenvalue weighted by atomic mass is 9.86. The maximum atomic E-state index is 15.4. The van der Waals surface area contributed by atoms with Gasteiger partial charge >= 0.3 is 0 Å². The minimum Gasteiger partial charge on any atom is -0.394 e. The minimum atomic E-state index is -0.980. The Morgan fingerprint density at radius 3 is 2.61 bits per heavy atom. The van der Waals surface area contributed by atoms with Gasteiger partial charge in [-0.3, -0.25) is 9.69 Å². The second kappa shape index (κ2) is 11.9. The molecule has 1 aromatic carbocycles. The number of hydrogen-bond donors (Lipinski definition) is 2. The van der Waals surface area contributed by atoms with E-state index in [1.54, 1.807) is 11.9 Å². The van der Waals surface area contributed by atoms with Crippen LogP contribution in [0.25, 0.3) is 0 Å². The summed E-state index contributed by atoms with van der Waals surface area (Å²) in [6.07, 6.45) is 3.22. The molecule has 0 radical (unpaired) electrons. The van der Waals surface area contributed by atoms with Crippen LogP contribution in [-0.2, 0) is 11.3 Å². The molecule has 2 heterocycles. The van der Waals surface area contributed by atoms with Gasteiger partial charge in [-0.25, -0.2) is 14.4 Å². The van der Waals surface area contributed by atoms with Gasteiger partial charge in [-0.1, -0.05) is 11.6 Å². The number of aldehydes is 1. The third-order valence-electron chi connectivity index (χ3n) is 5.94. The highest BCUT2D eigenvalue weighted by atomic mass is 35.5. The van der Waals surface area contributed by atoms with Crippen LogP contribution < -0.4 is 0 Å². The van der Waals surface area contributed by atoms with E-state index in [1.165, 1.54) is 24.5 Å². The Kier molecular flexibility index (Phi) is 9.25. The van der Waals surface area contributed by atoms with Crippen molar-refractivity contribution in [1.29, 1.82) is 0 Å². The van der Waals surface area contributed by atoms with Gasteiger partial charge in [-0.05, 0) is 63.6 Å². The van der Waals surface area contributed by atoms with E-state index < -0.39 is 18.1 Å². The fraction of sp³-hybridized carbons (Fsp3) is 0.522. The van der Waals surface area contributed by atoms with Crippen molar-refractivity contribution in [2.24, 2.45) is 5.92 Å². The first-order valence-corrected chi connectivity index (χ1v) is 11.3. The van der Waals surface area contributed by atoms with Crippen molar-refractivity contribution in [2.45, 2.75) is 31.7 Å². The van der Waals surface area contributed by atoms with E-state index >= 15 is 4.39 Å². The smallest absolute Gasteiger partial charge is 0.150 e. The molecular formula is C23H30ClFN4O4. The Balaban J connectivity index is 1.89. The van der Waals surface area contributed by atoms with Crippen LogP contribution in [0.3, 0.4) is 0 Å². The van der Waals surface area contributed by atoms with Crippen LogP contribution in [0.2, 0.25) is 5.02 Å². The summed E-state index contributed by atoms with van der Waals surface area (Å²) in [5.41, 5.74) is 0.496. The third-order valence-corrected chi connectivity index (χ3v) is 6.14. The fourth-order valence-electron chi connectivity index (χ4n) is 4.13. The normalized spacial score (nSPS) is 17.3. The van der Waals surface area contributed by atoms with Gasteiger partial charge in [0.05, 0.1) is 30.9 Å². The zero-order valence-corrected chi connectivity index (χ0v) is 19.6. The molecule has 1 aromatic heterocycles. The summed E-state index contributed by atoms with van der Waals surface area (Å²) in [5, 5.41) is 20.5. The first-order chi connectivity index (χ1) is 15.8. The molecular weight excluding hydrogens is 451 g/mol. The highest BCUT2D eigenvalue weighted by molar-refractivity contribution is 6.30. The number of rotatable bonds is 10. The molecule has 1 aliphatic rings. The van der Waals surface area contributed by atoms with Crippen molar-refractivity contribution in [1.82, 2.24) is 19.8 Å². The van der Waals surface area contributed by atoms with Crippen LogP contribution in [0.4, 0.5) is 4.39 Å². The summed E-state index contributed by atoms with van der Waals surface area (Å²) in [5.74, 6) is -0.229. The summed E-state index contributed by atoms with van der Waals surface area (Å²) in [6.45, 7) is 1.57. The van der Waals surface area contributed by atoms with Crippen LogP contribution in [0.5, 0.6) is 0 Å². The number of aliphatic hydroxyl groups excluding tert-OH is 2. The number of aliphatic hydroxyl groups is 2. The van der Waals surface area contributed by atoms with Gasteiger partial charge in [0.2, 0.25) is 0 Å². The monoisotopic (exact) mass is 480 g/mol. The van der Waals surface area contributed by atoms with Crippen molar-refractivity contribution in [3.63, 3.8) is 0 Å². The van der Waals surface area contributed by atoms with Crippen molar-refractivity contribution < 1.29 is 24.1 Å². The molecule has 2 aromatic rings. The number of aromatic nitrogens is 2. The molecule has 3 rings (SSSR count). The molecule has 0 unspecified atom stereocenters. The quantitative estimate of drug-likeness (QED) is 0.395. The van der Waals surface area contributed by atoms with Crippen LogP contribution in [0, 0.1) is 11.7 Å². The molecule has 33 heavy (non-hydrogen) atoms. The standard InChI is InChI=1S/C23H30ClFN4O4/c1-28-5-3-15(4-6-28)22(32)16-9-17(14-31)21(19(25)10-16)23(33-8-7-30)29(2)13-20-26-11-18(24)12-27-20/h9-12,14-15,22-23,30,32H,3-8,13H2,1-2H3/t22-,23+/m0/s1. The summed E-state index contributed by atoms with van der Waals surface area (Å²) in [7, 11) is 3.70. The van der Waals surface area contributed by atoms with E-state index in [-0.39, 0.29) is 36.8 Å². The predicted molar refractivity (Wildman–Crippen MR) is 121 cm³/mol. The maximum absolute atomic E-state index is 15.4. The van der Waals surface area contributed by atoms with Crippen LogP contribution >= 0.6 is 11.6 Å². The van der Waals surface area contributed by atoms with Crippen molar-refractivity contribution in [3.8, 4) is 0 Å². The Morgan fingerprint density at radius 1 is 1.33 bits per heavy atom. The second-order valence-corrected chi connectivity index (χ2v) is 8.82. The summed E-state index contributed by atoms with van der Waals surface area (Å²) >= 11 is 5.84. The van der Waals surface area contributed by atoms with E-state index in [2.05, 4.69) is 14.9 Å². The number of halogens is 2. The summed E-state index contributed by atoms with van der Waals surface area (Å²) in [4.78, 5) is 24.1. The summed E-state index contributed by atoms with van der Waals surface area (Å²) in [6, 6.07) is 2.80. The maximum Gasteiger partial charge on any atom is 0.150 e. The average Bonchev–Trinajstić information content (AvgIpc) is 2.81. The van der Waals surface area contributed by atoms with E-state index in [0.717, 1.165) is 25.9 Å². The van der Waals surface area contributed by atoms with Gasteiger partial charge < -0.3 is 19.8 Å². The molecule has 1 saturated heterocycles. The lowest BCUT2D eigenvalue weighted by molar-refractivity contribution is -0.0677. The molecule has 180 valence electrons. The number of carbonyl (C=O) groups is 1.